The van der Waals surface area contributed by atoms with Crippen LogP contribution in [0.5, 0.6) is 0 Å². The van der Waals surface area contributed by atoms with Gasteiger partial charge < -0.3 is 10.1 Å². The number of hydrogen-bond acceptors (Lipinski definition) is 4. The van der Waals surface area contributed by atoms with Gasteiger partial charge in [0.2, 0.25) is 10.0 Å². The average molecular weight is 337 g/mol. The van der Waals surface area contributed by atoms with Crippen LogP contribution in [0.2, 0.25) is 0 Å². The first-order valence-corrected chi connectivity index (χ1v) is 9.09. The summed E-state index contributed by atoms with van der Waals surface area (Å²) in [5.74, 6) is 1.13. The van der Waals surface area contributed by atoms with E-state index < -0.39 is 16.1 Å². The molecule has 0 spiro atoms. The van der Waals surface area contributed by atoms with Crippen molar-refractivity contribution in [2.45, 2.75) is 37.6 Å². The molecule has 7 heteroatoms. The number of aliphatic hydroxyl groups is 1. The van der Waals surface area contributed by atoms with Crippen molar-refractivity contribution in [3.05, 3.63) is 48.0 Å². The molecule has 0 radical (unpaired) electrons. The Bertz CT molecular complexity index is 695. The van der Waals surface area contributed by atoms with Crippen LogP contribution in [0.25, 0.3) is 0 Å². The highest BCUT2D eigenvalue weighted by Gasteiger charge is 2.20. The molecular weight excluding hydrogens is 314 g/mol. The highest BCUT2D eigenvalue weighted by Crippen LogP contribution is 2.14. The molecule has 2 aromatic rings. The van der Waals surface area contributed by atoms with Crippen LogP contribution < -0.4 is 4.72 Å². The van der Waals surface area contributed by atoms with Gasteiger partial charge in [-0.25, -0.2) is 18.1 Å². The SMILES string of the molecule is CC(C)C[C@@H](CO)NS(=O)(=O)c1ccc(Cc2ncc[nH]2)cc1. The fraction of sp³-hybridized carbons (Fsp3) is 0.438. The third-order valence-corrected chi connectivity index (χ3v) is 4.99. The highest BCUT2D eigenvalue weighted by molar-refractivity contribution is 7.89. The average Bonchev–Trinajstić information content (AvgIpc) is 2.99. The molecule has 2 rings (SSSR count). The van der Waals surface area contributed by atoms with Crippen molar-refractivity contribution >= 4 is 10.0 Å². The minimum Gasteiger partial charge on any atom is -0.395 e. The fourth-order valence-corrected chi connectivity index (χ4v) is 3.63. The third kappa shape index (κ3) is 5.16. The zero-order valence-electron chi connectivity index (χ0n) is 13.4. The fourth-order valence-electron chi connectivity index (χ4n) is 2.39. The lowest BCUT2D eigenvalue weighted by Gasteiger charge is -2.18. The van der Waals surface area contributed by atoms with Gasteiger partial charge in [0, 0.05) is 24.9 Å². The first kappa shape index (κ1) is 17.7. The molecular formula is C16H23N3O3S. The summed E-state index contributed by atoms with van der Waals surface area (Å²) in [6.45, 7) is 3.76. The quantitative estimate of drug-likeness (QED) is 0.683. The zero-order chi connectivity index (χ0) is 16.9. The number of aromatic amines is 1. The number of nitrogens with zero attached hydrogens (tertiary/aromatic N) is 1. The van der Waals surface area contributed by atoms with Gasteiger partial charge in [-0.15, -0.1) is 0 Å². The van der Waals surface area contributed by atoms with Crippen molar-refractivity contribution in [2.75, 3.05) is 6.61 Å². The largest absolute Gasteiger partial charge is 0.395 e. The molecule has 0 amide bonds. The minimum absolute atomic E-state index is 0.197. The number of benzene rings is 1. The van der Waals surface area contributed by atoms with Gasteiger partial charge in [0.25, 0.3) is 0 Å². The highest BCUT2D eigenvalue weighted by atomic mass is 32.2. The van der Waals surface area contributed by atoms with Gasteiger partial charge in [-0.2, -0.15) is 0 Å². The summed E-state index contributed by atoms with van der Waals surface area (Å²) in [6, 6.07) is 6.22. The van der Waals surface area contributed by atoms with E-state index in [1.807, 2.05) is 13.8 Å². The van der Waals surface area contributed by atoms with E-state index in [1.54, 1.807) is 36.7 Å². The van der Waals surface area contributed by atoms with Crippen molar-refractivity contribution in [1.82, 2.24) is 14.7 Å². The lowest BCUT2D eigenvalue weighted by atomic mass is 10.1. The number of nitrogens with one attached hydrogen (secondary N) is 2. The molecule has 0 bridgehead atoms. The Morgan fingerprint density at radius 3 is 2.48 bits per heavy atom. The van der Waals surface area contributed by atoms with Gasteiger partial charge in [-0.1, -0.05) is 26.0 Å². The summed E-state index contributed by atoms with van der Waals surface area (Å²) in [5.41, 5.74) is 0.972. The van der Waals surface area contributed by atoms with Crippen LogP contribution in [-0.4, -0.2) is 36.1 Å². The molecule has 0 fully saturated rings. The van der Waals surface area contributed by atoms with E-state index in [9.17, 15) is 13.5 Å². The third-order valence-electron chi connectivity index (χ3n) is 3.46. The Balaban J connectivity index is 2.07. The van der Waals surface area contributed by atoms with Gasteiger partial charge in [0.05, 0.1) is 11.5 Å². The van der Waals surface area contributed by atoms with Crippen LogP contribution in [0.3, 0.4) is 0 Å². The van der Waals surface area contributed by atoms with Crippen molar-refractivity contribution in [1.29, 1.82) is 0 Å². The maximum absolute atomic E-state index is 12.4. The molecule has 0 aliphatic heterocycles. The maximum atomic E-state index is 12.4. The standard InChI is InChI=1S/C16H23N3O3S/c1-12(2)9-14(11-20)19-23(21,22)15-5-3-13(4-6-15)10-16-17-7-8-18-16/h3-8,12,14,19-20H,9-11H2,1-2H3,(H,17,18)/t14-/m0/s1. The number of rotatable bonds is 8. The van der Waals surface area contributed by atoms with Crippen LogP contribution in [0, 0.1) is 5.92 Å². The summed E-state index contributed by atoms with van der Waals surface area (Å²) >= 11 is 0. The molecule has 1 atom stereocenters. The molecule has 126 valence electrons. The summed E-state index contributed by atoms with van der Waals surface area (Å²) in [4.78, 5) is 7.36. The number of hydrogen-bond donors (Lipinski definition) is 3. The molecule has 0 saturated carbocycles. The topological polar surface area (TPSA) is 95.1 Å². The predicted octanol–water partition coefficient (Wildman–Crippen LogP) is 1.69. The molecule has 0 saturated heterocycles. The predicted molar refractivity (Wildman–Crippen MR) is 88.5 cm³/mol. The summed E-state index contributed by atoms with van der Waals surface area (Å²) in [7, 11) is -3.63. The second-order valence-corrected chi connectivity index (χ2v) is 7.70. The van der Waals surface area contributed by atoms with Gasteiger partial charge >= 0.3 is 0 Å². The normalized spacial score (nSPS) is 13.4. The van der Waals surface area contributed by atoms with E-state index in [-0.39, 0.29) is 11.5 Å². The van der Waals surface area contributed by atoms with E-state index in [0.29, 0.717) is 18.8 Å². The van der Waals surface area contributed by atoms with E-state index in [1.165, 1.54) is 0 Å². The van der Waals surface area contributed by atoms with Crippen LogP contribution in [-0.2, 0) is 16.4 Å². The van der Waals surface area contributed by atoms with E-state index >= 15 is 0 Å². The lowest BCUT2D eigenvalue weighted by Crippen LogP contribution is -2.38. The molecule has 0 aliphatic carbocycles. The monoisotopic (exact) mass is 337 g/mol. The molecule has 1 aromatic heterocycles. The lowest BCUT2D eigenvalue weighted by molar-refractivity contribution is 0.240. The zero-order valence-corrected chi connectivity index (χ0v) is 14.2. The summed E-state index contributed by atoms with van der Waals surface area (Å²) in [6.07, 6.45) is 4.64. The second-order valence-electron chi connectivity index (χ2n) is 5.99. The Kier molecular flexibility index (Phi) is 5.92. The van der Waals surface area contributed by atoms with Crippen molar-refractivity contribution in [3.63, 3.8) is 0 Å². The first-order chi connectivity index (χ1) is 10.9. The smallest absolute Gasteiger partial charge is 0.240 e. The first-order valence-electron chi connectivity index (χ1n) is 7.61. The number of aromatic nitrogens is 2. The molecule has 0 aliphatic rings. The Morgan fingerprint density at radius 2 is 1.96 bits per heavy atom. The number of H-pyrrole nitrogens is 1. The number of imidazole rings is 1. The molecule has 1 aromatic carbocycles. The Morgan fingerprint density at radius 1 is 1.26 bits per heavy atom. The van der Waals surface area contributed by atoms with Gasteiger partial charge in [-0.3, -0.25) is 0 Å². The van der Waals surface area contributed by atoms with E-state index in [2.05, 4.69) is 14.7 Å². The van der Waals surface area contributed by atoms with Crippen LogP contribution in [0.15, 0.2) is 41.6 Å². The molecule has 3 N–H and O–H groups in total. The molecule has 1 heterocycles. The maximum Gasteiger partial charge on any atom is 0.240 e. The van der Waals surface area contributed by atoms with E-state index in [4.69, 9.17) is 0 Å². The van der Waals surface area contributed by atoms with Crippen molar-refractivity contribution < 1.29 is 13.5 Å². The minimum atomic E-state index is -3.63. The Labute approximate surface area is 137 Å². The van der Waals surface area contributed by atoms with Crippen LogP contribution in [0.4, 0.5) is 0 Å². The van der Waals surface area contributed by atoms with Crippen LogP contribution >= 0.6 is 0 Å². The summed E-state index contributed by atoms with van der Waals surface area (Å²) in [5, 5.41) is 9.34. The van der Waals surface area contributed by atoms with Gasteiger partial charge in [-0.05, 0) is 30.0 Å². The summed E-state index contributed by atoms with van der Waals surface area (Å²) < 4.78 is 27.3. The second kappa shape index (κ2) is 7.72. The van der Waals surface area contributed by atoms with Crippen molar-refractivity contribution in [2.24, 2.45) is 5.92 Å². The number of sulfonamides is 1. The Hall–Kier alpha value is -1.70. The molecule has 6 nitrogen and oxygen atoms in total. The molecule has 0 unspecified atom stereocenters. The molecule has 23 heavy (non-hydrogen) atoms. The van der Waals surface area contributed by atoms with Crippen LogP contribution in [0.1, 0.15) is 31.7 Å². The number of aliphatic hydroxyl groups excluding tert-OH is 1. The van der Waals surface area contributed by atoms with Gasteiger partial charge in [0.1, 0.15) is 5.82 Å². The van der Waals surface area contributed by atoms with E-state index in [0.717, 1.165) is 11.4 Å². The van der Waals surface area contributed by atoms with Crippen molar-refractivity contribution in [3.8, 4) is 0 Å². The van der Waals surface area contributed by atoms with Gasteiger partial charge in [0.15, 0.2) is 0 Å².